The highest BCUT2D eigenvalue weighted by Crippen LogP contribution is 2.29. The monoisotopic (exact) mass is 424 g/mol. The highest BCUT2D eigenvalue weighted by atomic mass is 16.6. The summed E-state index contributed by atoms with van der Waals surface area (Å²) in [6, 6.07) is 0.541. The SMILES string of the molecule is CCC(CCOC)CC(C)OC(=O)C(C)NC(=O)c1nccc(OC)c1OC(C)=O. The molecule has 1 amide bonds. The fraction of sp³-hybridized carbons (Fsp3) is 0.619. The Kier molecular flexibility index (Phi) is 10.8. The molecule has 9 heteroatoms. The highest BCUT2D eigenvalue weighted by Gasteiger charge is 2.25. The fourth-order valence-electron chi connectivity index (χ4n) is 2.91. The van der Waals surface area contributed by atoms with Gasteiger partial charge < -0.3 is 24.3 Å². The average molecular weight is 424 g/mol. The molecule has 1 aromatic rings. The van der Waals surface area contributed by atoms with E-state index in [1.807, 2.05) is 6.92 Å². The molecule has 0 saturated heterocycles. The van der Waals surface area contributed by atoms with Crippen molar-refractivity contribution in [1.82, 2.24) is 10.3 Å². The topological polar surface area (TPSA) is 113 Å². The van der Waals surface area contributed by atoms with Crippen LogP contribution in [0.15, 0.2) is 12.3 Å². The number of esters is 2. The third kappa shape index (κ3) is 7.98. The molecule has 0 aliphatic heterocycles. The number of nitrogens with one attached hydrogen (secondary N) is 1. The number of hydrogen-bond donors (Lipinski definition) is 1. The lowest BCUT2D eigenvalue weighted by Crippen LogP contribution is -2.41. The van der Waals surface area contributed by atoms with Crippen molar-refractivity contribution < 1.29 is 33.3 Å². The van der Waals surface area contributed by atoms with Crippen LogP contribution in [0.4, 0.5) is 0 Å². The molecule has 3 unspecified atom stereocenters. The number of pyridine rings is 1. The molecule has 1 N–H and O–H groups in total. The van der Waals surface area contributed by atoms with Gasteiger partial charge in [-0.2, -0.15) is 0 Å². The summed E-state index contributed by atoms with van der Waals surface area (Å²) in [7, 11) is 3.03. The van der Waals surface area contributed by atoms with E-state index in [0.717, 1.165) is 12.8 Å². The second kappa shape index (κ2) is 12.8. The highest BCUT2D eigenvalue weighted by molar-refractivity contribution is 5.98. The van der Waals surface area contributed by atoms with Gasteiger partial charge in [-0.3, -0.25) is 9.59 Å². The van der Waals surface area contributed by atoms with Gasteiger partial charge in [-0.05, 0) is 32.6 Å². The largest absolute Gasteiger partial charge is 0.493 e. The summed E-state index contributed by atoms with van der Waals surface area (Å²) in [5.74, 6) is -1.43. The van der Waals surface area contributed by atoms with Gasteiger partial charge >= 0.3 is 11.9 Å². The minimum Gasteiger partial charge on any atom is -0.493 e. The van der Waals surface area contributed by atoms with E-state index >= 15 is 0 Å². The zero-order chi connectivity index (χ0) is 22.7. The fourth-order valence-corrected chi connectivity index (χ4v) is 2.91. The molecule has 9 nitrogen and oxygen atoms in total. The second-order valence-electron chi connectivity index (χ2n) is 7.02. The number of aromatic nitrogens is 1. The van der Waals surface area contributed by atoms with Crippen molar-refractivity contribution in [3.8, 4) is 11.5 Å². The van der Waals surface area contributed by atoms with Crippen molar-refractivity contribution in [1.29, 1.82) is 0 Å². The zero-order valence-corrected chi connectivity index (χ0v) is 18.5. The number of hydrogen-bond acceptors (Lipinski definition) is 8. The lowest BCUT2D eigenvalue weighted by atomic mass is 9.96. The van der Waals surface area contributed by atoms with Gasteiger partial charge in [0.2, 0.25) is 5.75 Å². The third-order valence-corrected chi connectivity index (χ3v) is 4.54. The van der Waals surface area contributed by atoms with Crippen molar-refractivity contribution in [2.75, 3.05) is 20.8 Å². The zero-order valence-electron chi connectivity index (χ0n) is 18.5. The van der Waals surface area contributed by atoms with Gasteiger partial charge in [0.1, 0.15) is 6.04 Å². The molecular weight excluding hydrogens is 392 g/mol. The molecule has 0 bridgehead atoms. The van der Waals surface area contributed by atoms with Crippen LogP contribution in [0, 0.1) is 5.92 Å². The average Bonchev–Trinajstić information content (AvgIpc) is 2.70. The smallest absolute Gasteiger partial charge is 0.328 e. The van der Waals surface area contributed by atoms with Crippen LogP contribution in [0.1, 0.15) is 57.4 Å². The molecular formula is C21H32N2O7. The van der Waals surface area contributed by atoms with Crippen LogP contribution in [-0.2, 0) is 19.1 Å². The number of carbonyl (C=O) groups excluding carboxylic acids is 3. The molecule has 0 aliphatic rings. The molecule has 0 fully saturated rings. The summed E-state index contributed by atoms with van der Waals surface area (Å²) in [6.45, 7) is 7.28. The molecule has 1 rings (SSSR count). The maximum atomic E-state index is 12.6. The number of carbonyl (C=O) groups is 3. The van der Waals surface area contributed by atoms with Gasteiger partial charge in [-0.1, -0.05) is 13.3 Å². The molecule has 3 atom stereocenters. The first-order chi connectivity index (χ1) is 14.2. The maximum absolute atomic E-state index is 12.6. The van der Waals surface area contributed by atoms with Crippen LogP contribution in [0.2, 0.25) is 0 Å². The number of rotatable bonds is 12. The first kappa shape index (κ1) is 25.4. The molecule has 168 valence electrons. The number of ether oxygens (including phenoxy) is 4. The Morgan fingerprint density at radius 1 is 1.20 bits per heavy atom. The Labute approximate surface area is 177 Å². The van der Waals surface area contributed by atoms with Crippen LogP contribution in [-0.4, -0.2) is 55.8 Å². The minimum atomic E-state index is -0.919. The Balaban J connectivity index is 2.76. The van der Waals surface area contributed by atoms with E-state index in [4.69, 9.17) is 18.9 Å². The lowest BCUT2D eigenvalue weighted by molar-refractivity contribution is -0.151. The van der Waals surface area contributed by atoms with Gasteiger partial charge in [-0.15, -0.1) is 0 Å². The van der Waals surface area contributed by atoms with E-state index in [1.165, 1.54) is 33.2 Å². The summed E-state index contributed by atoms with van der Waals surface area (Å²) >= 11 is 0. The van der Waals surface area contributed by atoms with E-state index in [0.29, 0.717) is 18.9 Å². The van der Waals surface area contributed by atoms with E-state index < -0.39 is 23.9 Å². The van der Waals surface area contributed by atoms with Crippen molar-refractivity contribution in [3.05, 3.63) is 18.0 Å². The van der Waals surface area contributed by atoms with Gasteiger partial charge in [0.15, 0.2) is 11.4 Å². The Bertz CT molecular complexity index is 723. The van der Waals surface area contributed by atoms with Crippen molar-refractivity contribution >= 4 is 17.8 Å². The van der Waals surface area contributed by atoms with Gasteiger partial charge in [-0.25, -0.2) is 9.78 Å². The molecule has 1 heterocycles. The first-order valence-corrected chi connectivity index (χ1v) is 9.95. The summed E-state index contributed by atoms with van der Waals surface area (Å²) < 4.78 is 20.8. The molecule has 0 spiro atoms. The van der Waals surface area contributed by atoms with E-state index in [-0.39, 0.29) is 23.3 Å². The number of nitrogens with zero attached hydrogens (tertiary/aromatic N) is 1. The van der Waals surface area contributed by atoms with Crippen LogP contribution in [0.3, 0.4) is 0 Å². The predicted molar refractivity (Wildman–Crippen MR) is 109 cm³/mol. The molecule has 1 aromatic heterocycles. The standard InChI is InChI=1S/C21H32N2O7/c1-7-16(9-11-27-5)12-13(2)29-21(26)14(3)23-20(25)18-19(30-15(4)24)17(28-6)8-10-22-18/h8,10,13-14,16H,7,9,11-12H2,1-6H3,(H,23,25). The molecule has 0 aromatic carbocycles. The molecule has 0 radical (unpaired) electrons. The maximum Gasteiger partial charge on any atom is 0.328 e. The van der Waals surface area contributed by atoms with Crippen LogP contribution in [0.5, 0.6) is 11.5 Å². The van der Waals surface area contributed by atoms with Crippen LogP contribution < -0.4 is 14.8 Å². The quantitative estimate of drug-likeness (QED) is 0.509. The summed E-state index contributed by atoms with van der Waals surface area (Å²) in [6.07, 6.45) is 3.60. The van der Waals surface area contributed by atoms with Crippen molar-refractivity contribution in [2.24, 2.45) is 5.92 Å². The Morgan fingerprint density at radius 3 is 2.47 bits per heavy atom. The molecule has 0 aliphatic carbocycles. The molecule has 30 heavy (non-hydrogen) atoms. The van der Waals surface area contributed by atoms with Gasteiger partial charge in [0.25, 0.3) is 5.91 Å². The van der Waals surface area contributed by atoms with Crippen molar-refractivity contribution in [3.63, 3.8) is 0 Å². The molecule has 0 saturated carbocycles. The summed E-state index contributed by atoms with van der Waals surface area (Å²) in [5.41, 5.74) is -0.164. The third-order valence-electron chi connectivity index (χ3n) is 4.54. The Morgan fingerprint density at radius 2 is 1.90 bits per heavy atom. The Hall–Kier alpha value is -2.68. The van der Waals surface area contributed by atoms with E-state index in [9.17, 15) is 14.4 Å². The minimum absolute atomic E-state index is 0.108. The van der Waals surface area contributed by atoms with Crippen LogP contribution in [0.25, 0.3) is 0 Å². The predicted octanol–water partition coefficient (Wildman–Crippen LogP) is 2.52. The normalized spacial score (nSPS) is 13.7. The van der Waals surface area contributed by atoms with Gasteiger partial charge in [0, 0.05) is 32.9 Å². The first-order valence-electron chi connectivity index (χ1n) is 9.95. The second-order valence-corrected chi connectivity index (χ2v) is 7.02. The van der Waals surface area contributed by atoms with E-state index in [2.05, 4.69) is 17.2 Å². The van der Waals surface area contributed by atoms with Gasteiger partial charge in [0.05, 0.1) is 13.2 Å². The number of amides is 1. The summed E-state index contributed by atoms with van der Waals surface area (Å²) in [4.78, 5) is 40.3. The van der Waals surface area contributed by atoms with Crippen molar-refractivity contribution in [2.45, 2.75) is 59.1 Å². The van der Waals surface area contributed by atoms with E-state index in [1.54, 1.807) is 7.11 Å². The van der Waals surface area contributed by atoms with Crippen LogP contribution >= 0.6 is 0 Å². The lowest BCUT2D eigenvalue weighted by Gasteiger charge is -2.22. The number of methoxy groups -OCH3 is 2. The summed E-state index contributed by atoms with van der Waals surface area (Å²) in [5, 5.41) is 2.53.